The molecule has 0 aliphatic carbocycles. The second-order valence-corrected chi connectivity index (χ2v) is 5.21. The summed E-state index contributed by atoms with van der Waals surface area (Å²) in [5, 5.41) is 11.6. The summed E-state index contributed by atoms with van der Waals surface area (Å²) in [7, 11) is 0. The van der Waals surface area contributed by atoms with Gasteiger partial charge >= 0.3 is 5.97 Å². The Labute approximate surface area is 129 Å². The number of rotatable bonds is 4. The van der Waals surface area contributed by atoms with Crippen LogP contribution in [-0.4, -0.2) is 17.0 Å². The van der Waals surface area contributed by atoms with Crippen LogP contribution >= 0.6 is 15.9 Å². The van der Waals surface area contributed by atoms with Gasteiger partial charge in [-0.3, -0.25) is 4.79 Å². The van der Waals surface area contributed by atoms with Gasteiger partial charge in [0.2, 0.25) is 0 Å². The Morgan fingerprint density at radius 2 is 1.71 bits per heavy atom. The number of anilines is 1. The van der Waals surface area contributed by atoms with Crippen molar-refractivity contribution in [3.63, 3.8) is 0 Å². The Balaban J connectivity index is 2.17. The van der Waals surface area contributed by atoms with Gasteiger partial charge in [-0.15, -0.1) is 0 Å². The number of carbonyl (C=O) groups excluding carboxylic acids is 1. The van der Waals surface area contributed by atoms with Gasteiger partial charge in [-0.25, -0.2) is 4.79 Å². The molecule has 21 heavy (non-hydrogen) atoms. The highest BCUT2D eigenvalue weighted by molar-refractivity contribution is 9.10. The monoisotopic (exact) mass is 348 g/mol. The summed E-state index contributed by atoms with van der Waals surface area (Å²) in [4.78, 5) is 23.0. The third kappa shape index (κ3) is 3.68. The van der Waals surface area contributed by atoms with Crippen molar-refractivity contribution in [1.82, 2.24) is 0 Å². The van der Waals surface area contributed by atoms with Crippen molar-refractivity contribution >= 4 is 33.5 Å². The summed E-state index contributed by atoms with van der Waals surface area (Å²) in [6, 6.07) is 11.4. The lowest BCUT2D eigenvalue weighted by Gasteiger charge is -2.08. The molecule has 0 heterocycles. The Bertz CT molecular complexity index is 684. The lowest BCUT2D eigenvalue weighted by Crippen LogP contribution is -2.12. The first-order valence-electron chi connectivity index (χ1n) is 6.14. The Hall–Kier alpha value is -2.18. The van der Waals surface area contributed by atoms with Crippen molar-refractivity contribution in [2.75, 3.05) is 5.32 Å². The molecule has 0 saturated heterocycles. The summed E-state index contributed by atoms with van der Waals surface area (Å²) in [6.45, 7) is 0.421. The fourth-order valence-electron chi connectivity index (χ4n) is 1.74. The van der Waals surface area contributed by atoms with Crippen LogP contribution in [0.2, 0.25) is 0 Å². The van der Waals surface area contributed by atoms with Crippen LogP contribution in [-0.2, 0) is 6.54 Å². The largest absolute Gasteiger partial charge is 0.478 e. The highest BCUT2D eigenvalue weighted by Crippen LogP contribution is 2.24. The van der Waals surface area contributed by atoms with Crippen molar-refractivity contribution in [3.8, 4) is 0 Å². The summed E-state index contributed by atoms with van der Waals surface area (Å²) in [6.07, 6.45) is 0. The molecule has 0 unspecified atom stereocenters. The molecule has 5 nitrogen and oxygen atoms in total. The van der Waals surface area contributed by atoms with E-state index in [9.17, 15) is 9.59 Å². The minimum absolute atomic E-state index is 0.146. The Morgan fingerprint density at radius 3 is 2.24 bits per heavy atom. The molecule has 0 bridgehead atoms. The number of benzene rings is 2. The number of carbonyl (C=O) groups is 2. The standard InChI is InChI=1S/C15H13BrN2O3/c16-12-7-11(15(20)21)5-6-13(12)18-14(19)10-3-1-9(8-17)2-4-10/h1-7H,8,17H2,(H,18,19)(H,20,21). The maximum atomic E-state index is 12.1. The first kappa shape index (κ1) is 15.2. The number of nitrogens with two attached hydrogens (primary N) is 1. The number of nitrogens with one attached hydrogen (secondary N) is 1. The van der Waals surface area contributed by atoms with Crippen LogP contribution in [0, 0.1) is 0 Å². The van der Waals surface area contributed by atoms with E-state index in [0.717, 1.165) is 5.56 Å². The van der Waals surface area contributed by atoms with E-state index in [1.54, 1.807) is 30.3 Å². The van der Waals surface area contributed by atoms with Gasteiger partial charge < -0.3 is 16.2 Å². The van der Waals surface area contributed by atoms with E-state index in [-0.39, 0.29) is 11.5 Å². The number of hydrogen-bond acceptors (Lipinski definition) is 3. The van der Waals surface area contributed by atoms with Crippen LogP contribution in [0.4, 0.5) is 5.69 Å². The van der Waals surface area contributed by atoms with E-state index in [1.165, 1.54) is 12.1 Å². The maximum Gasteiger partial charge on any atom is 0.335 e. The van der Waals surface area contributed by atoms with E-state index in [4.69, 9.17) is 10.8 Å². The molecule has 0 atom stereocenters. The van der Waals surface area contributed by atoms with Gasteiger partial charge in [-0.05, 0) is 51.8 Å². The third-order valence-corrected chi connectivity index (χ3v) is 3.57. The van der Waals surface area contributed by atoms with Crippen LogP contribution in [0.3, 0.4) is 0 Å². The summed E-state index contributed by atoms with van der Waals surface area (Å²) in [5.74, 6) is -1.30. The molecule has 2 rings (SSSR count). The summed E-state index contributed by atoms with van der Waals surface area (Å²) in [5.41, 5.74) is 7.60. The predicted octanol–water partition coefficient (Wildman–Crippen LogP) is 2.86. The smallest absolute Gasteiger partial charge is 0.335 e. The molecule has 0 aliphatic heterocycles. The summed E-state index contributed by atoms with van der Waals surface area (Å²) >= 11 is 3.24. The number of carboxylic acids is 1. The van der Waals surface area contributed by atoms with Crippen LogP contribution in [0.5, 0.6) is 0 Å². The molecule has 2 aromatic carbocycles. The normalized spacial score (nSPS) is 10.2. The first-order valence-corrected chi connectivity index (χ1v) is 6.94. The van der Waals surface area contributed by atoms with Crippen molar-refractivity contribution in [2.45, 2.75) is 6.54 Å². The minimum Gasteiger partial charge on any atom is -0.478 e. The van der Waals surface area contributed by atoms with E-state index >= 15 is 0 Å². The number of aromatic carboxylic acids is 1. The van der Waals surface area contributed by atoms with Crippen molar-refractivity contribution < 1.29 is 14.7 Å². The van der Waals surface area contributed by atoms with Crippen LogP contribution in [0.25, 0.3) is 0 Å². The van der Waals surface area contributed by atoms with Gasteiger partial charge in [0.1, 0.15) is 0 Å². The maximum absolute atomic E-state index is 12.1. The second-order valence-electron chi connectivity index (χ2n) is 4.35. The Morgan fingerprint density at radius 1 is 1.10 bits per heavy atom. The number of hydrogen-bond donors (Lipinski definition) is 3. The van der Waals surface area contributed by atoms with E-state index in [1.807, 2.05) is 0 Å². The zero-order chi connectivity index (χ0) is 15.4. The lowest BCUT2D eigenvalue weighted by molar-refractivity contribution is 0.0696. The molecule has 0 aromatic heterocycles. The van der Waals surface area contributed by atoms with E-state index < -0.39 is 5.97 Å². The average molecular weight is 349 g/mol. The molecule has 108 valence electrons. The van der Waals surface area contributed by atoms with Gasteiger partial charge in [0.15, 0.2) is 0 Å². The Kier molecular flexibility index (Phi) is 4.72. The molecule has 6 heteroatoms. The van der Waals surface area contributed by atoms with Gasteiger partial charge in [0.05, 0.1) is 11.3 Å². The quantitative estimate of drug-likeness (QED) is 0.791. The van der Waals surface area contributed by atoms with E-state index in [0.29, 0.717) is 22.3 Å². The molecule has 0 aliphatic rings. The van der Waals surface area contributed by atoms with E-state index in [2.05, 4.69) is 21.2 Å². The minimum atomic E-state index is -1.02. The lowest BCUT2D eigenvalue weighted by atomic mass is 10.1. The molecule has 4 N–H and O–H groups in total. The molecular weight excluding hydrogens is 336 g/mol. The predicted molar refractivity (Wildman–Crippen MR) is 83.4 cm³/mol. The first-order chi connectivity index (χ1) is 10.0. The molecular formula is C15H13BrN2O3. The molecule has 0 spiro atoms. The third-order valence-electron chi connectivity index (χ3n) is 2.92. The van der Waals surface area contributed by atoms with Gasteiger partial charge in [0, 0.05) is 16.6 Å². The van der Waals surface area contributed by atoms with Crippen molar-refractivity contribution in [1.29, 1.82) is 0 Å². The summed E-state index contributed by atoms with van der Waals surface area (Å²) < 4.78 is 0.509. The molecule has 0 fully saturated rings. The number of halogens is 1. The highest BCUT2D eigenvalue weighted by atomic mass is 79.9. The highest BCUT2D eigenvalue weighted by Gasteiger charge is 2.10. The fraction of sp³-hybridized carbons (Fsp3) is 0.0667. The van der Waals surface area contributed by atoms with Crippen molar-refractivity contribution in [2.24, 2.45) is 5.73 Å². The molecule has 0 radical (unpaired) electrons. The second kappa shape index (κ2) is 6.51. The zero-order valence-corrected chi connectivity index (χ0v) is 12.6. The zero-order valence-electron chi connectivity index (χ0n) is 11.0. The number of amides is 1. The fourth-order valence-corrected chi connectivity index (χ4v) is 2.21. The average Bonchev–Trinajstić information content (AvgIpc) is 2.49. The number of carboxylic acid groups (broad SMARTS) is 1. The van der Waals surface area contributed by atoms with Gasteiger partial charge in [0.25, 0.3) is 5.91 Å². The van der Waals surface area contributed by atoms with Gasteiger partial charge in [-0.1, -0.05) is 12.1 Å². The van der Waals surface area contributed by atoms with Crippen LogP contribution in [0.1, 0.15) is 26.3 Å². The molecule has 2 aromatic rings. The topological polar surface area (TPSA) is 92.4 Å². The van der Waals surface area contributed by atoms with Crippen molar-refractivity contribution in [3.05, 3.63) is 63.6 Å². The van der Waals surface area contributed by atoms with Crippen LogP contribution in [0.15, 0.2) is 46.9 Å². The van der Waals surface area contributed by atoms with Gasteiger partial charge in [-0.2, -0.15) is 0 Å². The van der Waals surface area contributed by atoms with Crippen LogP contribution < -0.4 is 11.1 Å². The SMILES string of the molecule is NCc1ccc(C(=O)Nc2ccc(C(=O)O)cc2Br)cc1. The molecule has 1 amide bonds. The molecule has 0 saturated carbocycles.